The topological polar surface area (TPSA) is 102 Å². The van der Waals surface area contributed by atoms with Crippen molar-refractivity contribution in [3.8, 4) is 5.75 Å². The number of carbonyl (C=O) groups is 1. The second-order valence-corrected chi connectivity index (χ2v) is 7.92. The van der Waals surface area contributed by atoms with Crippen LogP contribution in [0.5, 0.6) is 5.75 Å². The summed E-state index contributed by atoms with van der Waals surface area (Å²) in [7, 11) is 0. The van der Waals surface area contributed by atoms with Crippen molar-refractivity contribution in [3.05, 3.63) is 58.7 Å². The third kappa shape index (κ3) is 4.55. The van der Waals surface area contributed by atoms with Crippen LogP contribution in [0.1, 0.15) is 42.1 Å². The molecule has 1 saturated carbocycles. The number of rotatable bonds is 4. The first-order valence-corrected chi connectivity index (χ1v) is 9.89. The molecule has 1 heterocycles. The van der Waals surface area contributed by atoms with Crippen molar-refractivity contribution in [2.75, 3.05) is 6.54 Å². The summed E-state index contributed by atoms with van der Waals surface area (Å²) >= 11 is 6.04. The summed E-state index contributed by atoms with van der Waals surface area (Å²) in [4.78, 5) is 12.2. The third-order valence-electron chi connectivity index (χ3n) is 5.50. The van der Waals surface area contributed by atoms with Crippen LogP contribution in [-0.4, -0.2) is 27.3 Å². The van der Waals surface area contributed by atoms with Gasteiger partial charge in [0.1, 0.15) is 0 Å². The van der Waals surface area contributed by atoms with E-state index in [1.54, 1.807) is 0 Å². The first-order chi connectivity index (χ1) is 13.9. The van der Waals surface area contributed by atoms with Crippen molar-refractivity contribution >= 4 is 28.4 Å². The van der Waals surface area contributed by atoms with Gasteiger partial charge in [0.15, 0.2) is 17.4 Å². The van der Waals surface area contributed by atoms with Crippen LogP contribution in [0.25, 0.3) is 10.9 Å². The van der Waals surface area contributed by atoms with E-state index < -0.39 is 23.3 Å². The number of nitrogens with one attached hydrogen (secondary N) is 1. The van der Waals surface area contributed by atoms with E-state index in [1.165, 1.54) is 0 Å². The molecule has 0 aliphatic heterocycles. The molecule has 160 valence electrons. The summed E-state index contributed by atoms with van der Waals surface area (Å²) in [5.41, 5.74) is 0.769. The molecule has 1 aliphatic rings. The molecule has 9 heteroatoms. The molecule has 0 spiro atoms. The van der Waals surface area contributed by atoms with Gasteiger partial charge < -0.3 is 16.6 Å². The number of aromatic nitrogens is 2. The molecule has 0 bridgehead atoms. The van der Waals surface area contributed by atoms with E-state index in [9.17, 15) is 13.6 Å². The molecule has 3 aromatic rings. The first kappa shape index (κ1) is 22.0. The molecule has 5 N–H and O–H groups in total. The number of nitrogens with zero attached hydrogens (tertiary/aromatic N) is 2. The molecule has 30 heavy (non-hydrogen) atoms. The smallest absolute Gasteiger partial charge is 0.251 e. The monoisotopic (exact) mass is 436 g/mol. The van der Waals surface area contributed by atoms with E-state index in [-0.39, 0.29) is 11.7 Å². The Morgan fingerprint density at radius 2 is 1.83 bits per heavy atom. The lowest BCUT2D eigenvalue weighted by atomic mass is 9.86. The van der Waals surface area contributed by atoms with Crippen molar-refractivity contribution in [3.63, 3.8) is 0 Å². The van der Waals surface area contributed by atoms with Crippen LogP contribution in [0.15, 0.2) is 36.5 Å². The normalized spacial score (nSPS) is 18.8. The Morgan fingerprint density at radius 1 is 1.17 bits per heavy atom. The maximum Gasteiger partial charge on any atom is 0.251 e. The van der Waals surface area contributed by atoms with Crippen LogP contribution < -0.4 is 11.5 Å². The molecular weight excluding hydrogens is 414 g/mol. The van der Waals surface area contributed by atoms with Gasteiger partial charge in [0.2, 0.25) is 0 Å². The fourth-order valence-electron chi connectivity index (χ4n) is 3.85. The van der Waals surface area contributed by atoms with E-state index in [2.05, 4.69) is 10.4 Å². The second-order valence-electron chi connectivity index (χ2n) is 7.49. The van der Waals surface area contributed by atoms with E-state index in [0.717, 1.165) is 48.7 Å². The van der Waals surface area contributed by atoms with E-state index >= 15 is 0 Å². The zero-order valence-electron chi connectivity index (χ0n) is 16.2. The fourth-order valence-corrected chi connectivity index (χ4v) is 4.03. The van der Waals surface area contributed by atoms with Crippen molar-refractivity contribution in [1.82, 2.24) is 21.2 Å². The second kappa shape index (κ2) is 8.97. The molecule has 1 fully saturated rings. The van der Waals surface area contributed by atoms with Crippen LogP contribution in [0.4, 0.5) is 8.78 Å². The predicted molar refractivity (Wildman–Crippen MR) is 111 cm³/mol. The van der Waals surface area contributed by atoms with Gasteiger partial charge >= 0.3 is 0 Å². The van der Waals surface area contributed by atoms with Gasteiger partial charge in [-0.25, -0.2) is 8.78 Å². The number of halogens is 3. The lowest BCUT2D eigenvalue weighted by Crippen LogP contribution is -2.31. The lowest BCUT2D eigenvalue weighted by Gasteiger charge is -2.28. The molecule has 0 atom stereocenters. The number of hydrogen-bond acceptors (Lipinski definition) is 4. The number of benzene rings is 2. The number of aromatic hydroxyl groups is 1. The largest absolute Gasteiger partial charge is 0.503 e. The van der Waals surface area contributed by atoms with Crippen molar-refractivity contribution in [2.45, 2.75) is 31.7 Å². The Kier molecular flexibility index (Phi) is 6.58. The van der Waals surface area contributed by atoms with Crippen molar-refractivity contribution in [1.29, 1.82) is 0 Å². The van der Waals surface area contributed by atoms with Crippen LogP contribution in [0.3, 0.4) is 0 Å². The van der Waals surface area contributed by atoms with Gasteiger partial charge in [0, 0.05) is 28.7 Å². The number of hydrogen-bond donors (Lipinski definition) is 3. The summed E-state index contributed by atoms with van der Waals surface area (Å²) in [5, 5.41) is 18.2. The van der Waals surface area contributed by atoms with Crippen LogP contribution in [0.2, 0.25) is 5.02 Å². The maximum atomic E-state index is 13.4. The zero-order valence-corrected chi connectivity index (χ0v) is 17.0. The van der Waals surface area contributed by atoms with E-state index in [1.807, 2.05) is 29.1 Å². The van der Waals surface area contributed by atoms with Crippen molar-refractivity contribution in [2.24, 2.45) is 5.92 Å². The number of phenols is 1. The minimum Gasteiger partial charge on any atom is -0.503 e. The highest BCUT2D eigenvalue weighted by Gasteiger charge is 2.24. The molecular formula is C21H23ClF2N4O2. The SMILES string of the molecule is N.O=C(NCC1CCC(n2cc3cc(Cl)ccc3n2)CC1)c1cc(F)c(O)c(F)c1. The van der Waals surface area contributed by atoms with E-state index in [4.69, 9.17) is 16.7 Å². The highest BCUT2D eigenvalue weighted by molar-refractivity contribution is 6.31. The summed E-state index contributed by atoms with van der Waals surface area (Å²) in [6.07, 6.45) is 5.72. The average Bonchev–Trinajstić information content (AvgIpc) is 3.13. The Morgan fingerprint density at radius 3 is 2.50 bits per heavy atom. The predicted octanol–water partition coefficient (Wildman–Crippen LogP) is 5.00. The summed E-state index contributed by atoms with van der Waals surface area (Å²) in [6, 6.07) is 7.60. The molecule has 0 radical (unpaired) electrons. The molecule has 4 rings (SSSR count). The zero-order chi connectivity index (χ0) is 20.5. The van der Waals surface area contributed by atoms with Gasteiger partial charge in [0.05, 0.1) is 11.6 Å². The molecule has 6 nitrogen and oxygen atoms in total. The molecule has 0 saturated heterocycles. The highest BCUT2D eigenvalue weighted by atomic mass is 35.5. The van der Waals surface area contributed by atoms with Gasteiger partial charge in [0.25, 0.3) is 5.91 Å². The Labute approximate surface area is 177 Å². The number of phenolic OH excluding ortho intramolecular Hbond substituents is 1. The molecule has 0 unspecified atom stereocenters. The third-order valence-corrected chi connectivity index (χ3v) is 5.74. The van der Waals surface area contributed by atoms with Crippen LogP contribution in [0, 0.1) is 17.6 Å². The Hall–Kier alpha value is -2.71. The summed E-state index contributed by atoms with van der Waals surface area (Å²) in [5.74, 6) is -3.64. The lowest BCUT2D eigenvalue weighted by molar-refractivity contribution is 0.0940. The first-order valence-electron chi connectivity index (χ1n) is 9.51. The highest BCUT2D eigenvalue weighted by Crippen LogP contribution is 2.33. The molecule has 2 aromatic carbocycles. The maximum absolute atomic E-state index is 13.4. The number of amides is 1. The van der Waals surface area contributed by atoms with Gasteiger partial charge in [-0.1, -0.05) is 11.6 Å². The number of carbonyl (C=O) groups excluding carboxylic acids is 1. The number of fused-ring (bicyclic) bond motifs is 1. The van der Waals surface area contributed by atoms with Gasteiger partial charge in [-0.3, -0.25) is 9.48 Å². The fraction of sp³-hybridized carbons (Fsp3) is 0.333. The molecule has 1 amide bonds. The van der Waals surface area contributed by atoms with Gasteiger partial charge in [-0.2, -0.15) is 5.10 Å². The minimum absolute atomic E-state index is 0. The van der Waals surface area contributed by atoms with Gasteiger partial charge in [-0.05, 0) is 61.9 Å². The van der Waals surface area contributed by atoms with Crippen LogP contribution >= 0.6 is 11.6 Å². The Bertz CT molecular complexity index is 1040. The summed E-state index contributed by atoms with van der Waals surface area (Å²) in [6.45, 7) is 0.437. The molecule has 1 aromatic heterocycles. The van der Waals surface area contributed by atoms with E-state index in [0.29, 0.717) is 23.5 Å². The summed E-state index contributed by atoms with van der Waals surface area (Å²) < 4.78 is 28.8. The molecule has 1 aliphatic carbocycles. The minimum atomic E-state index is -1.15. The van der Waals surface area contributed by atoms with Crippen molar-refractivity contribution < 1.29 is 18.7 Å². The standard InChI is InChI=1S/C21H20ClF2N3O2.H3N/c22-15-3-6-19-14(7-15)11-27(26-19)16-4-1-12(2-5-16)10-25-21(29)13-8-17(23)20(28)18(24)9-13;/h3,6-9,11-12,16,28H,1-2,4-5,10H2,(H,25,29);1H3. The average molecular weight is 437 g/mol. The quantitative estimate of drug-likeness (QED) is 0.535. The van der Waals surface area contributed by atoms with Crippen LogP contribution in [-0.2, 0) is 0 Å². The Balaban J connectivity index is 0.00000256. The van der Waals surface area contributed by atoms with Gasteiger partial charge in [-0.15, -0.1) is 0 Å².